The molecule has 2 aromatic heterocycles. The van der Waals surface area contributed by atoms with Crippen LogP contribution in [0.5, 0.6) is 0 Å². The van der Waals surface area contributed by atoms with Gasteiger partial charge >= 0.3 is 103 Å². The van der Waals surface area contributed by atoms with Gasteiger partial charge in [0.25, 0.3) is 6.47 Å². The summed E-state index contributed by atoms with van der Waals surface area (Å²) in [6, 6.07) is 31.5. The van der Waals surface area contributed by atoms with Crippen LogP contribution in [0.25, 0.3) is 9.69 Å². The molecule has 0 radical (unpaired) electrons. The van der Waals surface area contributed by atoms with Gasteiger partial charge in [-0.05, 0) is 49.2 Å². The Bertz CT molecular complexity index is 1920. The molecule has 6 aromatic rings. The third-order valence-corrected chi connectivity index (χ3v) is 6.97. The summed E-state index contributed by atoms with van der Waals surface area (Å²) in [4.78, 5) is 18.0. The Morgan fingerprint density at radius 1 is 0.804 bits per heavy atom. The van der Waals surface area contributed by atoms with Crippen LogP contribution in [0.3, 0.4) is 0 Å². The van der Waals surface area contributed by atoms with Crippen LogP contribution in [0.15, 0.2) is 122 Å². The zero-order valence-corrected chi connectivity index (χ0v) is 36.5. The van der Waals surface area contributed by atoms with Gasteiger partial charge in [0.05, 0.1) is 31.1 Å². The summed E-state index contributed by atoms with van der Waals surface area (Å²) in [5.41, 5.74) is 11.2. The summed E-state index contributed by atoms with van der Waals surface area (Å²) in [6.45, 7) is 18.5. The summed E-state index contributed by atoms with van der Waals surface area (Å²) >= 11 is 3.39. The van der Waals surface area contributed by atoms with Gasteiger partial charge in [0.15, 0.2) is 11.4 Å². The van der Waals surface area contributed by atoms with Crippen LogP contribution in [0, 0.1) is 27.0 Å². The molecule has 0 unspecified atom stereocenters. The van der Waals surface area contributed by atoms with Crippen molar-refractivity contribution in [1.29, 1.82) is 0 Å². The molecule has 0 bridgehead atoms. The van der Waals surface area contributed by atoms with Crippen LogP contribution in [0.2, 0.25) is 0 Å². The summed E-state index contributed by atoms with van der Waals surface area (Å²) < 4.78 is 3.47. The van der Waals surface area contributed by atoms with E-state index in [-0.39, 0.29) is 111 Å². The SMILES string of the molecule is Cc1cccc(CBr)c1.O=CO[O-].[C-]#[N+]c1ccc(N(Cc2cccc(C)c2)n2cnnc2)cc1.[C-]#[N+]c1ccc(Nn2cnnc2)cc1.[H-].[K+].[K+]. The molecule has 0 fully saturated rings. The Balaban J connectivity index is 0.000000748. The minimum atomic E-state index is -0.181. The number of aryl methyl sites for hydroxylation is 2. The normalized spacial score (nSPS) is 9.06. The molecule has 4 aromatic carbocycles. The van der Waals surface area contributed by atoms with Crippen molar-refractivity contribution < 1.29 is 119 Å². The number of benzene rings is 4. The molecule has 51 heavy (non-hydrogen) atoms. The van der Waals surface area contributed by atoms with Gasteiger partial charge in [0.1, 0.15) is 25.3 Å². The first-order chi connectivity index (χ1) is 23.9. The van der Waals surface area contributed by atoms with E-state index in [1.807, 2.05) is 41.1 Å². The largest absolute Gasteiger partial charge is 1.00 e. The summed E-state index contributed by atoms with van der Waals surface area (Å²) in [5.74, 6) is 0. The third-order valence-electron chi connectivity index (χ3n) is 6.33. The van der Waals surface area contributed by atoms with Gasteiger partial charge in [0, 0.05) is 5.33 Å². The third kappa shape index (κ3) is 17.3. The van der Waals surface area contributed by atoms with E-state index in [0.29, 0.717) is 17.9 Å². The first-order valence-corrected chi connectivity index (χ1v) is 15.6. The summed E-state index contributed by atoms with van der Waals surface area (Å²) in [7, 11) is 0. The number of anilines is 2. The molecular weight excluding hydrogens is 767 g/mol. The number of nitrogens with zero attached hydrogens (tertiary/aromatic N) is 9. The van der Waals surface area contributed by atoms with E-state index in [0.717, 1.165) is 16.7 Å². The van der Waals surface area contributed by atoms with Crippen molar-refractivity contribution in [3.63, 3.8) is 0 Å². The van der Waals surface area contributed by atoms with Gasteiger partial charge < -0.3 is 11.6 Å². The van der Waals surface area contributed by atoms with Crippen molar-refractivity contribution >= 4 is 45.2 Å². The van der Waals surface area contributed by atoms with E-state index in [2.05, 4.69) is 124 Å². The second-order valence-electron chi connectivity index (χ2n) is 9.97. The van der Waals surface area contributed by atoms with Crippen LogP contribution in [0.1, 0.15) is 23.7 Å². The van der Waals surface area contributed by atoms with Crippen molar-refractivity contribution in [2.75, 3.05) is 10.4 Å². The second kappa shape index (κ2) is 26.7. The average molecular weight is 800 g/mol. The first kappa shape index (κ1) is 45.9. The Kier molecular flexibility index (Phi) is 24.0. The molecule has 1 N–H and O–H groups in total. The van der Waals surface area contributed by atoms with E-state index in [1.165, 1.54) is 22.3 Å². The monoisotopic (exact) mass is 798 g/mol. The summed E-state index contributed by atoms with van der Waals surface area (Å²) in [5, 5.41) is 26.5. The molecule has 0 atom stereocenters. The standard InChI is InChI=1S/C17H15N5.C9H7N5.C8H9Br.CH2O3.2K.H/c1-14-4-3-5-15(10-14)11-22(21-12-19-20-13-21)17-8-6-16(18-2)7-9-17;1-10-8-2-4-9(5-3-8)13-14-6-11-12-7-14;1-7-3-2-4-8(5-7)6-9;2-1-4-3;;;/h3-10,12-13H,11H2,1H3;2-7,13H;2-5H,6H2,1H3;1,3H;;;/q;;;;2*+1;-1/p-1. The Morgan fingerprint density at radius 3 is 1.73 bits per heavy atom. The molecule has 2 heterocycles. The van der Waals surface area contributed by atoms with Gasteiger partial charge in [0.2, 0.25) is 0 Å². The van der Waals surface area contributed by atoms with Gasteiger partial charge in [-0.1, -0.05) is 99.9 Å². The fourth-order valence-corrected chi connectivity index (χ4v) is 4.47. The van der Waals surface area contributed by atoms with E-state index < -0.39 is 0 Å². The topological polar surface area (TPSA) is 135 Å². The summed E-state index contributed by atoms with van der Waals surface area (Å²) in [6.07, 6.45) is 6.45. The fraction of sp³-hybridized carbons (Fsp3) is 0.114. The molecule has 6 rings (SSSR count). The van der Waals surface area contributed by atoms with Gasteiger partial charge in [-0.3, -0.25) is 15.2 Å². The zero-order valence-electron chi connectivity index (χ0n) is 29.7. The fourth-order valence-electron chi connectivity index (χ4n) is 4.12. The number of aromatic nitrogens is 6. The smallest absolute Gasteiger partial charge is 1.00 e. The molecule has 250 valence electrons. The number of hydrogen-bond donors (Lipinski definition) is 1. The minimum absolute atomic E-state index is 0. The molecule has 0 aliphatic carbocycles. The molecule has 0 saturated carbocycles. The van der Waals surface area contributed by atoms with E-state index in [4.69, 9.17) is 23.2 Å². The number of rotatable bonds is 8. The van der Waals surface area contributed by atoms with Crippen LogP contribution in [-0.4, -0.2) is 36.2 Å². The Hall–Kier alpha value is -3.08. The maximum Gasteiger partial charge on any atom is 1.00 e. The number of nitrogens with one attached hydrogen (secondary N) is 1. The Labute approximate surface area is 392 Å². The van der Waals surface area contributed by atoms with E-state index in [9.17, 15) is 0 Å². The predicted octanol–water partition coefficient (Wildman–Crippen LogP) is 0.756. The number of alkyl halides is 1. The van der Waals surface area contributed by atoms with Gasteiger partial charge in [-0.25, -0.2) is 19.0 Å². The number of halogens is 1. The van der Waals surface area contributed by atoms with E-state index >= 15 is 0 Å². The molecule has 0 amide bonds. The Morgan fingerprint density at radius 2 is 1.27 bits per heavy atom. The van der Waals surface area contributed by atoms with Crippen molar-refractivity contribution in [2.45, 2.75) is 25.7 Å². The van der Waals surface area contributed by atoms with Gasteiger partial charge in [-0.15, -0.1) is 20.4 Å². The van der Waals surface area contributed by atoms with Gasteiger partial charge in [-0.2, -0.15) is 0 Å². The maximum absolute atomic E-state index is 8.64. The van der Waals surface area contributed by atoms with Crippen LogP contribution in [0.4, 0.5) is 22.7 Å². The number of carbonyl (C=O) groups excluding carboxylic acids is 1. The number of carbonyl (C=O) groups is 1. The molecule has 0 spiro atoms. The van der Waals surface area contributed by atoms with Crippen molar-refractivity contribution in [1.82, 2.24) is 29.7 Å². The quantitative estimate of drug-likeness (QED) is 0.0592. The molecule has 13 nitrogen and oxygen atoms in total. The predicted molar refractivity (Wildman–Crippen MR) is 189 cm³/mol. The first-order valence-electron chi connectivity index (χ1n) is 14.5. The van der Waals surface area contributed by atoms with Crippen LogP contribution in [-0.2, 0) is 21.6 Å². The molecule has 0 aliphatic heterocycles. The van der Waals surface area contributed by atoms with Crippen molar-refractivity contribution in [2.24, 2.45) is 0 Å². The second-order valence-corrected chi connectivity index (χ2v) is 10.5. The van der Waals surface area contributed by atoms with Crippen molar-refractivity contribution in [3.8, 4) is 0 Å². The van der Waals surface area contributed by atoms with Crippen LogP contribution >= 0.6 is 15.9 Å². The molecule has 0 saturated heterocycles. The average Bonchev–Trinajstić information content (AvgIpc) is 3.87. The van der Waals surface area contributed by atoms with E-state index in [1.54, 1.807) is 42.1 Å². The molecule has 0 aliphatic rings. The van der Waals surface area contributed by atoms with Crippen molar-refractivity contribution in [3.05, 3.63) is 167 Å². The molecule has 16 heteroatoms. The number of hydrogen-bond acceptors (Lipinski definition) is 9. The van der Waals surface area contributed by atoms with Crippen LogP contribution < -0.4 is 118 Å². The molecular formula is C35H33BrK2N10O3. The minimum Gasteiger partial charge on any atom is -1.00 e. The maximum atomic E-state index is 8.64. The zero-order chi connectivity index (χ0) is 35.3.